The van der Waals surface area contributed by atoms with Gasteiger partial charge in [-0.05, 0) is 37.0 Å². The zero-order chi connectivity index (χ0) is 12.7. The minimum atomic E-state index is -0.351. The van der Waals surface area contributed by atoms with Crippen LogP contribution in [0.5, 0.6) is 0 Å². The average molecular weight is 231 g/mol. The monoisotopic (exact) mass is 231 g/mol. The van der Waals surface area contributed by atoms with E-state index in [4.69, 9.17) is 5.73 Å². The molecule has 0 heterocycles. The van der Waals surface area contributed by atoms with Crippen molar-refractivity contribution in [1.82, 2.24) is 0 Å². The zero-order valence-corrected chi connectivity index (χ0v) is 10.7. The molecule has 1 amide bonds. The normalized spacial score (nSPS) is 11.5. The molecule has 0 atom stereocenters. The van der Waals surface area contributed by atoms with E-state index in [0.717, 1.165) is 18.4 Å². The van der Waals surface area contributed by atoms with Gasteiger partial charge in [0.15, 0.2) is 0 Å². The summed E-state index contributed by atoms with van der Waals surface area (Å²) in [7, 11) is 0. The van der Waals surface area contributed by atoms with E-state index in [-0.39, 0.29) is 5.91 Å². The molecule has 0 radical (unpaired) electrons. The highest BCUT2D eigenvalue weighted by atomic mass is 16.1. The van der Waals surface area contributed by atoms with Crippen LogP contribution in [0.15, 0.2) is 30.3 Å². The summed E-state index contributed by atoms with van der Waals surface area (Å²) in [6.07, 6.45) is 6.67. The first-order valence-corrected chi connectivity index (χ1v) is 6.25. The van der Waals surface area contributed by atoms with E-state index in [2.05, 4.69) is 13.0 Å². The number of nitrogens with two attached hydrogens (primary N) is 1. The predicted molar refractivity (Wildman–Crippen MR) is 72.8 cm³/mol. The van der Waals surface area contributed by atoms with Gasteiger partial charge in [-0.1, -0.05) is 44.0 Å². The Morgan fingerprint density at radius 2 is 1.88 bits per heavy atom. The summed E-state index contributed by atoms with van der Waals surface area (Å²) in [5, 5.41) is 0. The maximum atomic E-state index is 11.4. The van der Waals surface area contributed by atoms with Gasteiger partial charge in [-0.15, -0.1) is 0 Å². The van der Waals surface area contributed by atoms with E-state index in [0.29, 0.717) is 5.56 Å². The van der Waals surface area contributed by atoms with E-state index in [1.165, 1.54) is 18.4 Å². The Morgan fingerprint density at radius 3 is 2.41 bits per heavy atom. The van der Waals surface area contributed by atoms with Gasteiger partial charge in [0.05, 0.1) is 0 Å². The first-order chi connectivity index (χ1) is 8.20. The molecule has 2 N–H and O–H groups in total. The van der Waals surface area contributed by atoms with Crippen molar-refractivity contribution in [3.05, 3.63) is 41.5 Å². The second kappa shape index (κ2) is 6.89. The van der Waals surface area contributed by atoms with Crippen molar-refractivity contribution in [2.75, 3.05) is 0 Å². The van der Waals surface area contributed by atoms with Gasteiger partial charge in [-0.25, -0.2) is 0 Å². The number of allylic oxidation sites excluding steroid dienone is 2. The Labute approximate surface area is 104 Å². The lowest BCUT2D eigenvalue weighted by molar-refractivity contribution is 0.1000. The molecular formula is C15H21NO. The molecule has 1 aromatic carbocycles. The minimum absolute atomic E-state index is 0.351. The molecule has 0 saturated heterocycles. The summed E-state index contributed by atoms with van der Waals surface area (Å²) in [6.45, 7) is 4.20. The number of rotatable bonds is 6. The fourth-order valence-electron chi connectivity index (χ4n) is 1.98. The summed E-state index contributed by atoms with van der Waals surface area (Å²) in [5.41, 5.74) is 8.22. The lowest BCUT2D eigenvalue weighted by atomic mass is 9.95. The van der Waals surface area contributed by atoms with Gasteiger partial charge in [0, 0.05) is 5.56 Å². The molecule has 0 fully saturated rings. The molecule has 0 aliphatic carbocycles. The number of primary amides is 1. The van der Waals surface area contributed by atoms with Crippen molar-refractivity contribution in [2.24, 2.45) is 5.73 Å². The first-order valence-electron chi connectivity index (χ1n) is 6.25. The van der Waals surface area contributed by atoms with Gasteiger partial charge in [-0.2, -0.15) is 0 Å². The van der Waals surface area contributed by atoms with Crippen LogP contribution in [0.3, 0.4) is 0 Å². The molecule has 1 rings (SSSR count). The third-order valence-electron chi connectivity index (χ3n) is 2.94. The highest BCUT2D eigenvalue weighted by Gasteiger charge is 2.10. The summed E-state index contributed by atoms with van der Waals surface area (Å²) < 4.78 is 0. The van der Waals surface area contributed by atoms with Crippen LogP contribution in [0.2, 0.25) is 0 Å². The number of carbonyl (C=O) groups excluding carboxylic acids is 1. The molecule has 2 nitrogen and oxygen atoms in total. The number of carbonyl (C=O) groups is 1. The van der Waals surface area contributed by atoms with Crippen molar-refractivity contribution >= 4 is 11.5 Å². The maximum Gasteiger partial charge on any atom is 0.249 e. The molecule has 0 aliphatic heterocycles. The summed E-state index contributed by atoms with van der Waals surface area (Å²) >= 11 is 0. The number of unbranched alkanes of at least 4 members (excludes halogenated alkanes) is 2. The Hall–Kier alpha value is -1.57. The van der Waals surface area contributed by atoms with Gasteiger partial charge < -0.3 is 5.73 Å². The third-order valence-corrected chi connectivity index (χ3v) is 2.94. The quantitative estimate of drug-likeness (QED) is 0.744. The van der Waals surface area contributed by atoms with E-state index >= 15 is 0 Å². The summed E-state index contributed by atoms with van der Waals surface area (Å²) in [4.78, 5) is 11.4. The van der Waals surface area contributed by atoms with Gasteiger partial charge >= 0.3 is 0 Å². The number of benzene rings is 1. The van der Waals surface area contributed by atoms with E-state index < -0.39 is 0 Å². The van der Waals surface area contributed by atoms with E-state index in [1.807, 2.05) is 25.1 Å². The largest absolute Gasteiger partial charge is 0.366 e. The van der Waals surface area contributed by atoms with E-state index in [1.54, 1.807) is 6.07 Å². The van der Waals surface area contributed by atoms with Crippen molar-refractivity contribution in [3.8, 4) is 0 Å². The van der Waals surface area contributed by atoms with E-state index in [9.17, 15) is 4.79 Å². The van der Waals surface area contributed by atoms with Crippen LogP contribution < -0.4 is 5.73 Å². The highest BCUT2D eigenvalue weighted by Crippen LogP contribution is 2.24. The Bertz CT molecular complexity index is 407. The molecule has 0 spiro atoms. The fraction of sp³-hybridized carbons (Fsp3) is 0.400. The number of amides is 1. The van der Waals surface area contributed by atoms with Gasteiger partial charge in [0.1, 0.15) is 0 Å². The van der Waals surface area contributed by atoms with Crippen LogP contribution in [0, 0.1) is 0 Å². The third kappa shape index (κ3) is 3.74. The van der Waals surface area contributed by atoms with Gasteiger partial charge in [-0.3, -0.25) is 4.79 Å². The Kier molecular flexibility index (Phi) is 5.47. The van der Waals surface area contributed by atoms with Crippen molar-refractivity contribution in [3.63, 3.8) is 0 Å². The predicted octanol–water partition coefficient (Wildman–Crippen LogP) is 3.77. The van der Waals surface area contributed by atoms with Crippen molar-refractivity contribution < 1.29 is 4.79 Å². The summed E-state index contributed by atoms with van der Waals surface area (Å²) in [5.74, 6) is -0.351. The van der Waals surface area contributed by atoms with Gasteiger partial charge in [0.2, 0.25) is 5.91 Å². The molecule has 17 heavy (non-hydrogen) atoms. The fourth-order valence-corrected chi connectivity index (χ4v) is 1.98. The average Bonchev–Trinajstić information content (AvgIpc) is 2.35. The van der Waals surface area contributed by atoms with Crippen LogP contribution in [0.1, 0.15) is 55.5 Å². The Morgan fingerprint density at radius 1 is 1.24 bits per heavy atom. The van der Waals surface area contributed by atoms with Crippen LogP contribution in [0.25, 0.3) is 5.57 Å². The standard InChI is InChI=1S/C15H21NO/c1-3-5-6-9-12(4-2)13-10-7-8-11-14(13)15(16)17/h4,7-8,10-11H,3,5-6,9H2,1-2H3,(H2,16,17). The first kappa shape index (κ1) is 13.5. The van der Waals surface area contributed by atoms with Crippen LogP contribution >= 0.6 is 0 Å². The molecular weight excluding hydrogens is 210 g/mol. The molecule has 92 valence electrons. The molecule has 0 unspecified atom stereocenters. The second-order valence-electron chi connectivity index (χ2n) is 4.18. The van der Waals surface area contributed by atoms with Crippen LogP contribution in [0.4, 0.5) is 0 Å². The molecule has 2 heteroatoms. The maximum absolute atomic E-state index is 11.4. The van der Waals surface area contributed by atoms with Crippen LogP contribution in [-0.4, -0.2) is 5.91 Å². The van der Waals surface area contributed by atoms with Gasteiger partial charge in [0.25, 0.3) is 0 Å². The molecule has 0 bridgehead atoms. The molecule has 0 saturated carbocycles. The lowest BCUT2D eigenvalue weighted by Crippen LogP contribution is -2.13. The SMILES string of the molecule is CC=C(CCCCC)c1ccccc1C(N)=O. The summed E-state index contributed by atoms with van der Waals surface area (Å²) in [6, 6.07) is 7.57. The van der Waals surface area contributed by atoms with Crippen molar-refractivity contribution in [2.45, 2.75) is 39.5 Å². The topological polar surface area (TPSA) is 43.1 Å². The highest BCUT2D eigenvalue weighted by molar-refractivity contribution is 5.98. The van der Waals surface area contributed by atoms with Crippen LogP contribution in [-0.2, 0) is 0 Å². The zero-order valence-electron chi connectivity index (χ0n) is 10.7. The second-order valence-corrected chi connectivity index (χ2v) is 4.18. The molecule has 0 aliphatic rings. The van der Waals surface area contributed by atoms with Crippen molar-refractivity contribution in [1.29, 1.82) is 0 Å². The lowest BCUT2D eigenvalue weighted by Gasteiger charge is -2.10. The number of hydrogen-bond acceptors (Lipinski definition) is 1. The Balaban J connectivity index is 2.92. The molecule has 1 aromatic rings. The number of hydrogen-bond donors (Lipinski definition) is 1. The molecule has 0 aromatic heterocycles. The smallest absolute Gasteiger partial charge is 0.249 e. The minimum Gasteiger partial charge on any atom is -0.366 e.